The Morgan fingerprint density at radius 3 is 2.69 bits per heavy atom. The number of aromatic nitrogens is 2. The number of para-hydroxylation sites is 1. The van der Waals surface area contributed by atoms with Gasteiger partial charge in [0.2, 0.25) is 0 Å². The van der Waals surface area contributed by atoms with Gasteiger partial charge in [-0.3, -0.25) is 0 Å². The molecule has 0 atom stereocenters. The summed E-state index contributed by atoms with van der Waals surface area (Å²) in [5.74, 6) is 2.45. The molecular weight excluding hydrogens is 410 g/mol. The van der Waals surface area contributed by atoms with Crippen LogP contribution in [0.1, 0.15) is 23.8 Å². The Morgan fingerprint density at radius 1 is 1.15 bits per heavy atom. The monoisotopic (exact) mass is 429 g/mol. The van der Waals surface area contributed by atoms with Gasteiger partial charge in [-0.1, -0.05) is 12.1 Å². The lowest BCUT2D eigenvalue weighted by atomic mass is 9.97. The predicted molar refractivity (Wildman–Crippen MR) is 110 cm³/mol. The van der Waals surface area contributed by atoms with Gasteiger partial charge in [0.15, 0.2) is 0 Å². The molecule has 134 valence electrons. The fourth-order valence-corrected chi connectivity index (χ4v) is 4.59. The van der Waals surface area contributed by atoms with Crippen LogP contribution in [-0.2, 0) is 0 Å². The summed E-state index contributed by atoms with van der Waals surface area (Å²) in [6.07, 6.45) is 4.08. The number of pyridine rings is 1. The second-order valence-corrected chi connectivity index (χ2v) is 8.17. The third-order valence-corrected chi connectivity index (χ3v) is 6.26. The predicted octanol–water partition coefficient (Wildman–Crippen LogP) is 5.36. The highest BCUT2D eigenvalue weighted by Crippen LogP contribution is 2.36. The van der Waals surface area contributed by atoms with Crippen LogP contribution in [0.2, 0.25) is 0 Å². The molecule has 1 aliphatic heterocycles. The van der Waals surface area contributed by atoms with E-state index in [4.69, 9.17) is 9.72 Å². The minimum atomic E-state index is 0.523. The van der Waals surface area contributed by atoms with Crippen LogP contribution in [0, 0.1) is 0 Å². The van der Waals surface area contributed by atoms with Gasteiger partial charge < -0.3 is 9.64 Å². The average Bonchev–Trinajstić information content (AvgIpc) is 3.19. The molecule has 6 heteroatoms. The van der Waals surface area contributed by atoms with Crippen LogP contribution in [-0.4, -0.2) is 30.2 Å². The maximum absolute atomic E-state index is 5.47. The van der Waals surface area contributed by atoms with Gasteiger partial charge in [-0.05, 0) is 53.0 Å². The van der Waals surface area contributed by atoms with E-state index in [0.29, 0.717) is 5.92 Å². The number of halogens is 1. The summed E-state index contributed by atoms with van der Waals surface area (Å²) < 4.78 is 6.49. The molecule has 1 aliphatic rings. The highest BCUT2D eigenvalue weighted by molar-refractivity contribution is 9.10. The van der Waals surface area contributed by atoms with Crippen LogP contribution in [0.25, 0.3) is 11.3 Å². The van der Waals surface area contributed by atoms with Crippen LogP contribution in [0.3, 0.4) is 0 Å². The average molecular weight is 430 g/mol. The Bertz CT molecular complexity index is 873. The van der Waals surface area contributed by atoms with Crippen molar-refractivity contribution in [3.8, 4) is 17.0 Å². The minimum absolute atomic E-state index is 0.523. The first-order valence-corrected chi connectivity index (χ1v) is 10.4. The number of hydrogen-bond donors (Lipinski definition) is 0. The summed E-state index contributed by atoms with van der Waals surface area (Å²) in [6.45, 7) is 2.03. The first kappa shape index (κ1) is 17.5. The normalized spacial score (nSPS) is 15.2. The molecular formula is C20H20BrN3OS. The van der Waals surface area contributed by atoms with Crippen LogP contribution in [0.4, 0.5) is 5.82 Å². The van der Waals surface area contributed by atoms with Gasteiger partial charge in [0, 0.05) is 40.6 Å². The topological polar surface area (TPSA) is 38.2 Å². The van der Waals surface area contributed by atoms with E-state index in [1.165, 1.54) is 5.01 Å². The number of anilines is 1. The third kappa shape index (κ3) is 3.62. The zero-order chi connectivity index (χ0) is 17.9. The van der Waals surface area contributed by atoms with Crippen LogP contribution in [0.5, 0.6) is 5.75 Å². The fraction of sp³-hybridized carbons (Fsp3) is 0.300. The molecule has 1 aromatic carbocycles. The van der Waals surface area contributed by atoms with Gasteiger partial charge in [0.05, 0.1) is 17.8 Å². The van der Waals surface area contributed by atoms with Crippen molar-refractivity contribution in [3.05, 3.63) is 57.5 Å². The van der Waals surface area contributed by atoms with E-state index in [9.17, 15) is 0 Å². The van der Waals surface area contributed by atoms with Crippen molar-refractivity contribution in [2.45, 2.75) is 18.8 Å². The van der Waals surface area contributed by atoms with Gasteiger partial charge in [0.1, 0.15) is 11.6 Å². The molecule has 1 saturated heterocycles. The van der Waals surface area contributed by atoms with Crippen molar-refractivity contribution >= 4 is 33.1 Å². The molecule has 0 aliphatic carbocycles. The second kappa shape index (κ2) is 7.76. The van der Waals surface area contributed by atoms with Crippen molar-refractivity contribution in [2.75, 3.05) is 25.1 Å². The first-order chi connectivity index (χ1) is 12.7. The van der Waals surface area contributed by atoms with E-state index in [-0.39, 0.29) is 0 Å². The molecule has 0 radical (unpaired) electrons. The molecule has 0 spiro atoms. The summed E-state index contributed by atoms with van der Waals surface area (Å²) in [5.41, 5.74) is 2.08. The standard InChI is InChI=1S/C20H20BrN3OS/c1-25-18-5-3-2-4-16(18)17-13-26-20(23-17)14-8-10-24(11-9-14)19-7-6-15(21)12-22-19/h2-7,12-14H,8-11H2,1H3. The molecule has 0 N–H and O–H groups in total. The van der Waals surface area contributed by atoms with Crippen LogP contribution < -0.4 is 9.64 Å². The first-order valence-electron chi connectivity index (χ1n) is 8.70. The molecule has 4 rings (SSSR count). The summed E-state index contributed by atoms with van der Waals surface area (Å²) in [6, 6.07) is 12.2. The zero-order valence-electron chi connectivity index (χ0n) is 14.6. The maximum atomic E-state index is 5.47. The van der Waals surface area contributed by atoms with Gasteiger partial charge in [-0.25, -0.2) is 9.97 Å². The number of rotatable bonds is 4. The van der Waals surface area contributed by atoms with Gasteiger partial charge >= 0.3 is 0 Å². The molecule has 3 aromatic rings. The minimum Gasteiger partial charge on any atom is -0.496 e. The lowest BCUT2D eigenvalue weighted by molar-refractivity contribution is 0.416. The Morgan fingerprint density at radius 2 is 1.96 bits per heavy atom. The van der Waals surface area contributed by atoms with E-state index in [1.807, 2.05) is 24.4 Å². The van der Waals surface area contributed by atoms with Gasteiger partial charge in [-0.15, -0.1) is 11.3 Å². The van der Waals surface area contributed by atoms with E-state index < -0.39 is 0 Å². The number of methoxy groups -OCH3 is 1. The Balaban J connectivity index is 1.45. The highest BCUT2D eigenvalue weighted by Gasteiger charge is 2.24. The number of benzene rings is 1. The summed E-state index contributed by atoms with van der Waals surface area (Å²) in [4.78, 5) is 11.8. The van der Waals surface area contributed by atoms with Gasteiger partial charge in [0.25, 0.3) is 0 Å². The fourth-order valence-electron chi connectivity index (χ4n) is 3.37. The molecule has 0 amide bonds. The van der Waals surface area contributed by atoms with Crippen molar-refractivity contribution in [3.63, 3.8) is 0 Å². The van der Waals surface area contributed by atoms with Crippen molar-refractivity contribution in [2.24, 2.45) is 0 Å². The van der Waals surface area contributed by atoms with Crippen molar-refractivity contribution < 1.29 is 4.74 Å². The second-order valence-electron chi connectivity index (χ2n) is 6.37. The Hall–Kier alpha value is -1.92. The lowest BCUT2D eigenvalue weighted by Gasteiger charge is -2.31. The zero-order valence-corrected chi connectivity index (χ0v) is 17.0. The molecule has 26 heavy (non-hydrogen) atoms. The molecule has 2 aromatic heterocycles. The SMILES string of the molecule is COc1ccccc1-c1csc(C2CCN(c3ccc(Br)cn3)CC2)n1. The number of piperidine rings is 1. The van der Waals surface area contributed by atoms with E-state index >= 15 is 0 Å². The van der Waals surface area contributed by atoms with Crippen LogP contribution >= 0.6 is 27.3 Å². The van der Waals surface area contributed by atoms with E-state index in [0.717, 1.165) is 53.2 Å². The Labute approximate surface area is 166 Å². The smallest absolute Gasteiger partial charge is 0.128 e. The maximum Gasteiger partial charge on any atom is 0.128 e. The third-order valence-electron chi connectivity index (χ3n) is 4.78. The highest BCUT2D eigenvalue weighted by atomic mass is 79.9. The lowest BCUT2D eigenvalue weighted by Crippen LogP contribution is -2.33. The van der Waals surface area contributed by atoms with Crippen molar-refractivity contribution in [1.29, 1.82) is 0 Å². The largest absolute Gasteiger partial charge is 0.496 e. The quantitative estimate of drug-likeness (QED) is 0.559. The summed E-state index contributed by atoms with van der Waals surface area (Å²) in [5, 5.41) is 3.38. The number of ether oxygens (including phenoxy) is 1. The molecule has 3 heterocycles. The Kier molecular flexibility index (Phi) is 5.22. The molecule has 1 fully saturated rings. The molecule has 0 saturated carbocycles. The number of thiazole rings is 1. The number of nitrogens with zero attached hydrogens (tertiary/aromatic N) is 3. The molecule has 0 unspecified atom stereocenters. The van der Waals surface area contributed by atoms with Crippen LogP contribution in [0.15, 0.2) is 52.4 Å². The molecule has 0 bridgehead atoms. The van der Waals surface area contributed by atoms with E-state index in [2.05, 4.69) is 49.4 Å². The number of hydrogen-bond acceptors (Lipinski definition) is 5. The summed E-state index contributed by atoms with van der Waals surface area (Å²) in [7, 11) is 1.71. The van der Waals surface area contributed by atoms with E-state index in [1.54, 1.807) is 18.4 Å². The van der Waals surface area contributed by atoms with Gasteiger partial charge in [-0.2, -0.15) is 0 Å². The molecule has 4 nitrogen and oxygen atoms in total. The summed E-state index contributed by atoms with van der Waals surface area (Å²) >= 11 is 5.21. The van der Waals surface area contributed by atoms with Crippen molar-refractivity contribution in [1.82, 2.24) is 9.97 Å².